The Morgan fingerprint density at radius 3 is 2.19 bits per heavy atom. The van der Waals surface area contributed by atoms with Crippen molar-refractivity contribution in [2.45, 2.75) is 43.4 Å². The lowest BCUT2D eigenvalue weighted by Gasteiger charge is -2.41. The molecule has 2 aromatic rings. The molecule has 168 valence electrons. The van der Waals surface area contributed by atoms with Crippen molar-refractivity contribution in [1.82, 2.24) is 5.32 Å². The zero-order valence-electron chi connectivity index (χ0n) is 18.4. The molecule has 0 spiro atoms. The van der Waals surface area contributed by atoms with E-state index in [-0.39, 0.29) is 10.8 Å². The standard InChI is InChI=1S/C23H30N2O5S/c1-16(2)15-24-22(26)23(12-5-13-23)17-6-8-18(9-7-17)25-31(27,28)19-10-11-20(29-3)21(14-19)30-4/h6-11,14,16,25H,5,12-13,15H2,1-4H3,(H,24,26). The van der Waals surface area contributed by atoms with Crippen LogP contribution in [-0.4, -0.2) is 35.1 Å². The highest BCUT2D eigenvalue weighted by Crippen LogP contribution is 2.44. The molecule has 1 fully saturated rings. The molecule has 0 atom stereocenters. The number of hydrogen-bond donors (Lipinski definition) is 2. The highest BCUT2D eigenvalue weighted by molar-refractivity contribution is 7.92. The summed E-state index contributed by atoms with van der Waals surface area (Å²) in [5.74, 6) is 1.22. The molecular weight excluding hydrogens is 416 g/mol. The van der Waals surface area contributed by atoms with E-state index in [1.807, 2.05) is 12.1 Å². The van der Waals surface area contributed by atoms with E-state index in [0.29, 0.717) is 29.6 Å². The number of benzene rings is 2. The fourth-order valence-electron chi connectivity index (χ4n) is 3.70. The van der Waals surface area contributed by atoms with Gasteiger partial charge in [-0.3, -0.25) is 9.52 Å². The summed E-state index contributed by atoms with van der Waals surface area (Å²) in [6, 6.07) is 11.5. The summed E-state index contributed by atoms with van der Waals surface area (Å²) < 4.78 is 38.5. The molecule has 0 aromatic heterocycles. The number of carbonyl (C=O) groups is 1. The first-order chi connectivity index (χ1) is 14.7. The Labute approximate surface area is 184 Å². The van der Waals surface area contributed by atoms with Gasteiger partial charge in [0, 0.05) is 18.3 Å². The van der Waals surface area contributed by atoms with E-state index < -0.39 is 15.4 Å². The molecule has 1 amide bonds. The molecule has 0 heterocycles. The van der Waals surface area contributed by atoms with Gasteiger partial charge in [-0.1, -0.05) is 32.4 Å². The predicted molar refractivity (Wildman–Crippen MR) is 120 cm³/mol. The molecule has 0 unspecified atom stereocenters. The second kappa shape index (κ2) is 9.18. The summed E-state index contributed by atoms with van der Waals surface area (Å²) in [5.41, 5.74) is 0.819. The zero-order valence-corrected chi connectivity index (χ0v) is 19.2. The fraction of sp³-hybridized carbons (Fsp3) is 0.435. The first-order valence-electron chi connectivity index (χ1n) is 10.4. The Morgan fingerprint density at radius 1 is 1.03 bits per heavy atom. The lowest BCUT2D eigenvalue weighted by Crippen LogP contribution is -2.49. The van der Waals surface area contributed by atoms with E-state index in [1.165, 1.54) is 26.4 Å². The first kappa shape index (κ1) is 22.9. The van der Waals surface area contributed by atoms with Crippen LogP contribution in [0.15, 0.2) is 47.4 Å². The predicted octanol–water partition coefficient (Wildman–Crippen LogP) is 3.70. The minimum Gasteiger partial charge on any atom is -0.493 e. The van der Waals surface area contributed by atoms with Crippen LogP contribution in [0.3, 0.4) is 0 Å². The number of methoxy groups -OCH3 is 2. The lowest BCUT2D eigenvalue weighted by atomic mass is 9.63. The SMILES string of the molecule is COc1ccc(S(=O)(=O)Nc2ccc(C3(C(=O)NCC(C)C)CCC3)cc2)cc1OC. The van der Waals surface area contributed by atoms with Gasteiger partial charge in [0.1, 0.15) is 0 Å². The summed E-state index contributed by atoms with van der Waals surface area (Å²) in [7, 11) is -0.868. The van der Waals surface area contributed by atoms with Crippen molar-refractivity contribution in [3.63, 3.8) is 0 Å². The molecule has 0 saturated heterocycles. The Kier molecular flexibility index (Phi) is 6.79. The largest absolute Gasteiger partial charge is 0.493 e. The molecule has 2 N–H and O–H groups in total. The minimum atomic E-state index is -3.81. The number of sulfonamides is 1. The summed E-state index contributed by atoms with van der Waals surface area (Å²) in [4.78, 5) is 12.9. The third-order valence-corrected chi connectivity index (χ3v) is 7.05. The average Bonchev–Trinajstić information content (AvgIpc) is 2.71. The first-order valence-corrected chi connectivity index (χ1v) is 11.8. The normalized spacial score (nSPS) is 15.1. The van der Waals surface area contributed by atoms with Gasteiger partial charge in [0.2, 0.25) is 5.91 Å². The van der Waals surface area contributed by atoms with Gasteiger partial charge in [0.25, 0.3) is 10.0 Å². The van der Waals surface area contributed by atoms with E-state index in [9.17, 15) is 13.2 Å². The fourth-order valence-corrected chi connectivity index (χ4v) is 4.77. The monoisotopic (exact) mass is 446 g/mol. The number of rotatable bonds is 9. The molecular formula is C23H30N2O5S. The van der Waals surface area contributed by atoms with Crippen LogP contribution in [0, 0.1) is 5.92 Å². The third-order valence-electron chi connectivity index (χ3n) is 5.67. The smallest absolute Gasteiger partial charge is 0.262 e. The van der Waals surface area contributed by atoms with Crippen LogP contribution in [0.1, 0.15) is 38.7 Å². The van der Waals surface area contributed by atoms with Crippen molar-refractivity contribution in [1.29, 1.82) is 0 Å². The number of nitrogens with one attached hydrogen (secondary N) is 2. The summed E-state index contributed by atoms with van der Waals surface area (Å²) >= 11 is 0. The van der Waals surface area contributed by atoms with Gasteiger partial charge in [-0.05, 0) is 48.6 Å². The molecule has 31 heavy (non-hydrogen) atoms. The number of ether oxygens (including phenoxy) is 2. The van der Waals surface area contributed by atoms with Crippen molar-refractivity contribution < 1.29 is 22.7 Å². The maximum atomic E-state index is 12.8. The van der Waals surface area contributed by atoms with Crippen LogP contribution >= 0.6 is 0 Å². The van der Waals surface area contributed by atoms with E-state index in [2.05, 4.69) is 23.9 Å². The number of amides is 1. The highest BCUT2D eigenvalue weighted by atomic mass is 32.2. The molecule has 7 nitrogen and oxygen atoms in total. The van der Waals surface area contributed by atoms with Crippen LogP contribution in [0.5, 0.6) is 11.5 Å². The van der Waals surface area contributed by atoms with Crippen molar-refractivity contribution in [3.05, 3.63) is 48.0 Å². The quantitative estimate of drug-likeness (QED) is 0.613. The summed E-state index contributed by atoms with van der Waals surface area (Å²) in [5, 5.41) is 3.05. The molecule has 8 heteroatoms. The molecule has 2 aromatic carbocycles. The Balaban J connectivity index is 1.78. The second-order valence-corrected chi connectivity index (χ2v) is 9.92. The van der Waals surface area contributed by atoms with E-state index >= 15 is 0 Å². The van der Waals surface area contributed by atoms with Crippen molar-refractivity contribution in [3.8, 4) is 11.5 Å². The lowest BCUT2D eigenvalue weighted by molar-refractivity contribution is -0.130. The summed E-state index contributed by atoms with van der Waals surface area (Å²) in [6.07, 6.45) is 2.60. The van der Waals surface area contributed by atoms with Gasteiger partial charge in [-0.2, -0.15) is 0 Å². The summed E-state index contributed by atoms with van der Waals surface area (Å²) in [6.45, 7) is 4.77. The van der Waals surface area contributed by atoms with Crippen molar-refractivity contribution in [2.24, 2.45) is 5.92 Å². The van der Waals surface area contributed by atoms with E-state index in [4.69, 9.17) is 9.47 Å². The van der Waals surface area contributed by atoms with Gasteiger partial charge in [-0.15, -0.1) is 0 Å². The maximum absolute atomic E-state index is 12.8. The number of hydrogen-bond acceptors (Lipinski definition) is 5. The maximum Gasteiger partial charge on any atom is 0.262 e. The van der Waals surface area contributed by atoms with Crippen LogP contribution in [0.2, 0.25) is 0 Å². The van der Waals surface area contributed by atoms with E-state index in [0.717, 1.165) is 24.8 Å². The van der Waals surface area contributed by atoms with Gasteiger partial charge in [0.05, 0.1) is 24.5 Å². The molecule has 1 aliphatic carbocycles. The van der Waals surface area contributed by atoms with Gasteiger partial charge < -0.3 is 14.8 Å². The topological polar surface area (TPSA) is 93.7 Å². The molecule has 0 aliphatic heterocycles. The van der Waals surface area contributed by atoms with Crippen LogP contribution < -0.4 is 19.5 Å². The van der Waals surface area contributed by atoms with Gasteiger partial charge in [0.15, 0.2) is 11.5 Å². The number of carbonyl (C=O) groups excluding carboxylic acids is 1. The Morgan fingerprint density at radius 2 is 1.68 bits per heavy atom. The average molecular weight is 447 g/mol. The van der Waals surface area contributed by atoms with Gasteiger partial charge >= 0.3 is 0 Å². The van der Waals surface area contributed by atoms with Crippen molar-refractivity contribution in [2.75, 3.05) is 25.5 Å². The Bertz CT molecular complexity index is 1030. The van der Waals surface area contributed by atoms with Crippen molar-refractivity contribution >= 4 is 21.6 Å². The number of anilines is 1. The second-order valence-electron chi connectivity index (χ2n) is 8.24. The van der Waals surface area contributed by atoms with Crippen LogP contribution in [0.4, 0.5) is 5.69 Å². The highest BCUT2D eigenvalue weighted by Gasteiger charge is 2.45. The molecule has 3 rings (SSSR count). The van der Waals surface area contributed by atoms with Crippen LogP contribution in [-0.2, 0) is 20.2 Å². The van der Waals surface area contributed by atoms with Crippen LogP contribution in [0.25, 0.3) is 0 Å². The third kappa shape index (κ3) is 4.79. The molecule has 0 bridgehead atoms. The Hall–Kier alpha value is -2.74. The molecule has 1 saturated carbocycles. The zero-order chi connectivity index (χ0) is 22.6. The minimum absolute atomic E-state index is 0.0473. The van der Waals surface area contributed by atoms with Gasteiger partial charge in [-0.25, -0.2) is 8.42 Å². The molecule has 0 radical (unpaired) electrons. The molecule has 1 aliphatic rings. The van der Waals surface area contributed by atoms with E-state index in [1.54, 1.807) is 18.2 Å².